The third-order valence-electron chi connectivity index (χ3n) is 0.841. The van der Waals surface area contributed by atoms with Crippen LogP contribution in [0.5, 0.6) is 0 Å². The predicted octanol–water partition coefficient (Wildman–Crippen LogP) is 2.03. The molecule has 0 heteroatoms. The van der Waals surface area contributed by atoms with Crippen molar-refractivity contribution in [1.82, 2.24) is 0 Å². The van der Waals surface area contributed by atoms with Crippen molar-refractivity contribution in [1.29, 1.82) is 0 Å². The standard InChI is InChI=1S/C6H11/c1-5(2)6(3)4/h5H,1,3H2,2,4H3/q-1. The van der Waals surface area contributed by atoms with E-state index in [1.54, 1.807) is 0 Å². The normalized spacial score (nSPS) is 13.8. The highest BCUT2D eigenvalue weighted by Gasteiger charge is 1.78. The molecule has 0 bridgehead atoms. The van der Waals surface area contributed by atoms with Crippen LogP contribution in [0.25, 0.3) is 0 Å². The molecule has 0 spiro atoms. The molecular formula is C6H11-. The van der Waals surface area contributed by atoms with Crippen LogP contribution in [-0.2, 0) is 0 Å². The zero-order chi connectivity index (χ0) is 5.15. The molecule has 0 aliphatic carbocycles. The highest BCUT2D eigenvalue weighted by molar-refractivity contribution is 4.94. The topological polar surface area (TPSA) is 0 Å². The van der Waals surface area contributed by atoms with Gasteiger partial charge >= 0.3 is 0 Å². The van der Waals surface area contributed by atoms with Gasteiger partial charge in [0.05, 0.1) is 0 Å². The molecular weight excluding hydrogens is 72.1 g/mol. The molecule has 36 valence electrons. The maximum absolute atomic E-state index is 3.74. The third-order valence-corrected chi connectivity index (χ3v) is 0.841. The van der Waals surface area contributed by atoms with Crippen molar-refractivity contribution in [2.75, 3.05) is 0 Å². The first-order chi connectivity index (χ1) is 2.64. The first kappa shape index (κ1) is 5.74. The van der Waals surface area contributed by atoms with Crippen LogP contribution >= 0.6 is 0 Å². The number of hydrogen-bond donors (Lipinski definition) is 0. The highest BCUT2D eigenvalue weighted by atomic mass is 13.9. The summed E-state index contributed by atoms with van der Waals surface area (Å²) >= 11 is 0. The first-order valence-corrected chi connectivity index (χ1v) is 2.13. The molecule has 1 atom stereocenters. The maximum atomic E-state index is 3.74. The summed E-state index contributed by atoms with van der Waals surface area (Å²) in [4.78, 5) is 0. The minimum Gasteiger partial charge on any atom is -0.337 e. The van der Waals surface area contributed by atoms with Crippen LogP contribution in [0.3, 0.4) is 0 Å². The van der Waals surface area contributed by atoms with Gasteiger partial charge in [0.1, 0.15) is 0 Å². The molecule has 0 nitrogen and oxygen atoms in total. The fourth-order valence-corrected chi connectivity index (χ4v) is 0. The van der Waals surface area contributed by atoms with E-state index in [9.17, 15) is 0 Å². The minimum absolute atomic E-state index is 0.407. The zero-order valence-corrected chi connectivity index (χ0v) is 4.49. The second-order valence-corrected chi connectivity index (χ2v) is 1.75. The molecule has 0 aliphatic heterocycles. The molecule has 0 saturated heterocycles. The van der Waals surface area contributed by atoms with Crippen LogP contribution in [0.1, 0.15) is 13.8 Å². The van der Waals surface area contributed by atoms with Crippen molar-refractivity contribution in [3.63, 3.8) is 0 Å². The van der Waals surface area contributed by atoms with Crippen LogP contribution in [0.4, 0.5) is 0 Å². The van der Waals surface area contributed by atoms with Gasteiger partial charge in [0.25, 0.3) is 0 Å². The van der Waals surface area contributed by atoms with Crippen LogP contribution in [-0.4, -0.2) is 0 Å². The Kier molecular flexibility index (Phi) is 1.93. The van der Waals surface area contributed by atoms with Gasteiger partial charge < -0.3 is 6.92 Å². The average molecular weight is 83.2 g/mol. The third kappa shape index (κ3) is 2.01. The van der Waals surface area contributed by atoms with E-state index >= 15 is 0 Å². The van der Waals surface area contributed by atoms with Gasteiger partial charge in [-0.1, -0.05) is 6.92 Å². The first-order valence-electron chi connectivity index (χ1n) is 2.13. The van der Waals surface area contributed by atoms with Gasteiger partial charge in [0.2, 0.25) is 0 Å². The van der Waals surface area contributed by atoms with Gasteiger partial charge in [-0.3, -0.25) is 0 Å². The highest BCUT2D eigenvalue weighted by Crippen LogP contribution is 2.01. The smallest absolute Gasteiger partial charge is 0.0465 e. The largest absolute Gasteiger partial charge is 0.337 e. The monoisotopic (exact) mass is 83.1 g/mol. The Morgan fingerprint density at radius 3 is 2.00 bits per heavy atom. The summed E-state index contributed by atoms with van der Waals surface area (Å²) in [5.74, 6) is 0.407. The molecule has 0 N–H and O–H groups in total. The Balaban J connectivity index is 3.26. The molecule has 0 radical (unpaired) electrons. The second-order valence-electron chi connectivity index (χ2n) is 1.75. The van der Waals surface area contributed by atoms with Gasteiger partial charge in [-0.15, -0.1) is 12.2 Å². The summed E-state index contributed by atoms with van der Waals surface area (Å²) < 4.78 is 0. The number of allylic oxidation sites excluding steroid dienone is 1. The van der Waals surface area contributed by atoms with Crippen LogP contribution in [0, 0.1) is 12.8 Å². The quantitative estimate of drug-likeness (QED) is 0.336. The maximum Gasteiger partial charge on any atom is -0.0465 e. The molecule has 0 saturated carbocycles. The van der Waals surface area contributed by atoms with Crippen LogP contribution < -0.4 is 0 Å². The van der Waals surface area contributed by atoms with Crippen LogP contribution in [0.2, 0.25) is 0 Å². The molecule has 0 aliphatic rings. The van der Waals surface area contributed by atoms with E-state index in [0.29, 0.717) is 5.92 Å². The van der Waals surface area contributed by atoms with Crippen molar-refractivity contribution >= 4 is 0 Å². The van der Waals surface area contributed by atoms with Gasteiger partial charge in [0.15, 0.2) is 0 Å². The molecule has 6 heavy (non-hydrogen) atoms. The summed E-state index contributed by atoms with van der Waals surface area (Å²) in [6, 6.07) is 0. The van der Waals surface area contributed by atoms with Gasteiger partial charge in [0, 0.05) is 0 Å². The van der Waals surface area contributed by atoms with Crippen molar-refractivity contribution in [2.45, 2.75) is 13.8 Å². The molecule has 0 fully saturated rings. The molecule has 0 aromatic carbocycles. The molecule has 0 amide bonds. The summed E-state index contributed by atoms with van der Waals surface area (Å²) in [6.07, 6.45) is 0. The van der Waals surface area contributed by atoms with Crippen molar-refractivity contribution in [3.05, 3.63) is 19.1 Å². The van der Waals surface area contributed by atoms with Gasteiger partial charge in [-0.05, 0) is 6.92 Å². The molecule has 0 heterocycles. The van der Waals surface area contributed by atoms with E-state index in [1.807, 2.05) is 13.8 Å². The summed E-state index contributed by atoms with van der Waals surface area (Å²) in [6.45, 7) is 11.4. The number of rotatable bonds is 1. The van der Waals surface area contributed by atoms with Gasteiger partial charge in [-0.2, -0.15) is 5.92 Å². The van der Waals surface area contributed by atoms with Crippen LogP contribution in [0.15, 0.2) is 12.2 Å². The molecule has 0 rings (SSSR count). The summed E-state index contributed by atoms with van der Waals surface area (Å²) in [5.41, 5.74) is 1.15. The van der Waals surface area contributed by atoms with E-state index in [1.165, 1.54) is 0 Å². The van der Waals surface area contributed by atoms with E-state index in [4.69, 9.17) is 0 Å². The lowest BCUT2D eigenvalue weighted by atomic mass is 10.1. The van der Waals surface area contributed by atoms with E-state index in [-0.39, 0.29) is 0 Å². The molecule has 1 unspecified atom stereocenters. The minimum atomic E-state index is 0.407. The van der Waals surface area contributed by atoms with Crippen molar-refractivity contribution < 1.29 is 0 Å². The van der Waals surface area contributed by atoms with E-state index in [0.717, 1.165) is 5.57 Å². The zero-order valence-electron chi connectivity index (χ0n) is 4.49. The summed E-state index contributed by atoms with van der Waals surface area (Å²) in [7, 11) is 0. The molecule has 0 aromatic rings. The predicted molar refractivity (Wildman–Crippen MR) is 29.3 cm³/mol. The number of hydrogen-bond acceptors (Lipinski definition) is 0. The fraction of sp³-hybridized carbons (Fsp3) is 0.500. The SMILES string of the molecule is C=C(C)C([CH2-])C. The lowest BCUT2D eigenvalue weighted by Gasteiger charge is -2.06. The Morgan fingerprint density at radius 2 is 2.00 bits per heavy atom. The Labute approximate surface area is 39.9 Å². The van der Waals surface area contributed by atoms with Crippen molar-refractivity contribution in [2.24, 2.45) is 5.92 Å². The van der Waals surface area contributed by atoms with Crippen molar-refractivity contribution in [3.8, 4) is 0 Å². The van der Waals surface area contributed by atoms with Gasteiger partial charge in [-0.25, -0.2) is 0 Å². The Bertz CT molecular complexity index is 51.1. The lowest BCUT2D eigenvalue weighted by molar-refractivity contribution is 0.864. The Morgan fingerprint density at radius 1 is 1.83 bits per heavy atom. The molecule has 0 aromatic heterocycles. The van der Waals surface area contributed by atoms with E-state index in [2.05, 4.69) is 13.5 Å². The fourth-order valence-electron chi connectivity index (χ4n) is 0. The van der Waals surface area contributed by atoms with E-state index < -0.39 is 0 Å². The summed E-state index contributed by atoms with van der Waals surface area (Å²) in [5, 5.41) is 0. The second kappa shape index (κ2) is 2.01. The average Bonchev–Trinajstić information content (AvgIpc) is 1.36. The Hall–Kier alpha value is -0.260. The lowest BCUT2D eigenvalue weighted by Crippen LogP contribution is -1.84.